The summed E-state index contributed by atoms with van der Waals surface area (Å²) in [4.78, 5) is 0. The normalized spacial score (nSPS) is 31.9. The topological polar surface area (TPSA) is 57.2 Å². The Balaban J connectivity index is 1.62. The minimum atomic E-state index is -0.998. The van der Waals surface area contributed by atoms with E-state index in [1.54, 1.807) is 6.92 Å². The van der Waals surface area contributed by atoms with Gasteiger partial charge >= 0.3 is 0 Å². The smallest absolute Gasteiger partial charge is 0.157 e. The Morgan fingerprint density at radius 1 is 0.947 bits per heavy atom. The molecule has 5 heteroatoms. The second kappa shape index (κ2) is 7.55. The van der Waals surface area contributed by atoms with E-state index in [4.69, 9.17) is 18.9 Å². The van der Waals surface area contributed by atoms with E-state index < -0.39 is 5.60 Å². The van der Waals surface area contributed by atoms with Gasteiger partial charge < -0.3 is 24.1 Å². The molecule has 5 nitrogen and oxygen atoms in total. The molecule has 0 saturated carbocycles. The summed E-state index contributed by atoms with van der Waals surface area (Å²) in [5, 5.41) is 10.2. The molecule has 0 spiro atoms. The fourth-order valence-electron chi connectivity index (χ4n) is 2.27. The van der Waals surface area contributed by atoms with Gasteiger partial charge in [-0.05, 0) is 45.4 Å². The van der Waals surface area contributed by atoms with E-state index in [0.717, 1.165) is 51.7 Å². The summed E-state index contributed by atoms with van der Waals surface area (Å²) in [6.45, 7) is 3.67. The van der Waals surface area contributed by atoms with Crippen LogP contribution >= 0.6 is 0 Å². The van der Waals surface area contributed by atoms with Gasteiger partial charge in [0.05, 0.1) is 13.2 Å². The van der Waals surface area contributed by atoms with E-state index >= 15 is 0 Å². The van der Waals surface area contributed by atoms with Gasteiger partial charge in [-0.15, -0.1) is 0 Å². The van der Waals surface area contributed by atoms with Crippen molar-refractivity contribution in [1.29, 1.82) is 0 Å². The molecule has 0 aromatic rings. The van der Waals surface area contributed by atoms with Gasteiger partial charge in [-0.1, -0.05) is 0 Å². The van der Waals surface area contributed by atoms with Gasteiger partial charge in [0.15, 0.2) is 12.6 Å². The van der Waals surface area contributed by atoms with Crippen molar-refractivity contribution in [2.45, 2.75) is 63.6 Å². The average Bonchev–Trinajstić information content (AvgIpc) is 2.46. The van der Waals surface area contributed by atoms with E-state index in [2.05, 4.69) is 0 Å². The Morgan fingerprint density at radius 2 is 1.42 bits per heavy atom. The Morgan fingerprint density at radius 3 is 1.79 bits per heavy atom. The van der Waals surface area contributed by atoms with Crippen LogP contribution in [0.25, 0.3) is 0 Å². The zero-order valence-corrected chi connectivity index (χ0v) is 11.8. The van der Waals surface area contributed by atoms with E-state index in [0.29, 0.717) is 0 Å². The molecule has 0 radical (unpaired) electrons. The maximum Gasteiger partial charge on any atom is 0.157 e. The van der Waals surface area contributed by atoms with Crippen LogP contribution in [0, 0.1) is 0 Å². The van der Waals surface area contributed by atoms with Crippen LogP contribution < -0.4 is 0 Å². The molecule has 2 aliphatic heterocycles. The zero-order valence-electron chi connectivity index (χ0n) is 11.8. The van der Waals surface area contributed by atoms with Crippen molar-refractivity contribution in [3.63, 3.8) is 0 Å². The molecule has 0 amide bonds. The molecular weight excluding hydrogens is 248 g/mol. The molecule has 2 heterocycles. The Labute approximate surface area is 115 Å². The molecule has 2 rings (SSSR count). The maximum atomic E-state index is 10.2. The lowest BCUT2D eigenvalue weighted by atomic mass is 10.1. The summed E-state index contributed by atoms with van der Waals surface area (Å²) in [5.41, 5.74) is -0.998. The van der Waals surface area contributed by atoms with Gasteiger partial charge in [0.1, 0.15) is 5.60 Å². The summed E-state index contributed by atoms with van der Waals surface area (Å²) in [7, 11) is 0. The molecule has 2 unspecified atom stereocenters. The van der Waals surface area contributed by atoms with E-state index in [-0.39, 0.29) is 25.8 Å². The standard InChI is InChI=1S/C14H26O5/c1-14(15,10-18-12-6-2-4-8-16-12)11-19-13-7-3-5-9-17-13/h12-13,15H,2-11H2,1H3. The molecule has 19 heavy (non-hydrogen) atoms. The summed E-state index contributed by atoms with van der Waals surface area (Å²) < 4.78 is 22.1. The Kier molecular flexibility index (Phi) is 6.04. The average molecular weight is 274 g/mol. The zero-order chi connectivity index (χ0) is 13.6. The molecule has 2 aliphatic rings. The summed E-state index contributed by atoms with van der Waals surface area (Å²) in [5.74, 6) is 0. The second-order valence-corrected chi connectivity index (χ2v) is 5.71. The first kappa shape index (κ1) is 15.2. The summed E-state index contributed by atoms with van der Waals surface area (Å²) >= 11 is 0. The van der Waals surface area contributed by atoms with Crippen LogP contribution in [0.4, 0.5) is 0 Å². The molecule has 0 aromatic heterocycles. The second-order valence-electron chi connectivity index (χ2n) is 5.71. The SMILES string of the molecule is CC(O)(COC1CCCCO1)COC1CCCCO1. The highest BCUT2D eigenvalue weighted by Gasteiger charge is 2.26. The minimum absolute atomic E-state index is 0.175. The highest BCUT2D eigenvalue weighted by molar-refractivity contribution is 4.72. The molecule has 2 saturated heterocycles. The fourth-order valence-corrected chi connectivity index (χ4v) is 2.27. The van der Waals surface area contributed by atoms with Crippen LogP contribution in [0.1, 0.15) is 45.4 Å². The number of rotatable bonds is 6. The number of hydrogen-bond acceptors (Lipinski definition) is 5. The Hall–Kier alpha value is -0.200. The molecule has 0 aromatic carbocycles. The summed E-state index contributed by atoms with van der Waals surface area (Å²) in [6.07, 6.45) is 5.90. The van der Waals surface area contributed by atoms with E-state index in [9.17, 15) is 5.11 Å². The number of hydrogen-bond donors (Lipinski definition) is 1. The van der Waals surface area contributed by atoms with Crippen LogP contribution in [0.3, 0.4) is 0 Å². The largest absolute Gasteiger partial charge is 0.385 e. The maximum absolute atomic E-state index is 10.2. The number of ether oxygens (including phenoxy) is 4. The van der Waals surface area contributed by atoms with Gasteiger partial charge in [-0.3, -0.25) is 0 Å². The number of aliphatic hydroxyl groups is 1. The lowest BCUT2D eigenvalue weighted by Gasteiger charge is -2.30. The van der Waals surface area contributed by atoms with Crippen molar-refractivity contribution in [2.24, 2.45) is 0 Å². The van der Waals surface area contributed by atoms with Crippen molar-refractivity contribution < 1.29 is 24.1 Å². The monoisotopic (exact) mass is 274 g/mol. The van der Waals surface area contributed by atoms with Crippen molar-refractivity contribution in [3.8, 4) is 0 Å². The third kappa shape index (κ3) is 5.75. The highest BCUT2D eigenvalue weighted by atomic mass is 16.7. The first-order chi connectivity index (χ1) is 9.16. The lowest BCUT2D eigenvalue weighted by Crippen LogP contribution is -2.40. The van der Waals surface area contributed by atoms with Gasteiger partial charge in [-0.25, -0.2) is 0 Å². The first-order valence-electron chi connectivity index (χ1n) is 7.34. The van der Waals surface area contributed by atoms with Gasteiger partial charge in [-0.2, -0.15) is 0 Å². The van der Waals surface area contributed by atoms with Crippen LogP contribution in [0.5, 0.6) is 0 Å². The van der Waals surface area contributed by atoms with Crippen LogP contribution in [-0.2, 0) is 18.9 Å². The predicted molar refractivity (Wildman–Crippen MR) is 69.7 cm³/mol. The Bertz CT molecular complexity index is 220. The fraction of sp³-hybridized carbons (Fsp3) is 1.00. The quantitative estimate of drug-likeness (QED) is 0.800. The van der Waals surface area contributed by atoms with Gasteiger partial charge in [0.25, 0.3) is 0 Å². The van der Waals surface area contributed by atoms with Crippen molar-refractivity contribution in [3.05, 3.63) is 0 Å². The molecule has 2 fully saturated rings. The van der Waals surface area contributed by atoms with Gasteiger partial charge in [0.2, 0.25) is 0 Å². The molecule has 112 valence electrons. The van der Waals surface area contributed by atoms with Crippen molar-refractivity contribution in [2.75, 3.05) is 26.4 Å². The van der Waals surface area contributed by atoms with Crippen molar-refractivity contribution in [1.82, 2.24) is 0 Å². The first-order valence-corrected chi connectivity index (χ1v) is 7.34. The third-order valence-corrected chi connectivity index (χ3v) is 3.44. The predicted octanol–water partition coefficient (Wildman–Crippen LogP) is 1.82. The van der Waals surface area contributed by atoms with Crippen LogP contribution in [0.2, 0.25) is 0 Å². The third-order valence-electron chi connectivity index (χ3n) is 3.44. The van der Waals surface area contributed by atoms with Crippen molar-refractivity contribution >= 4 is 0 Å². The summed E-state index contributed by atoms with van der Waals surface area (Å²) in [6, 6.07) is 0. The van der Waals surface area contributed by atoms with Gasteiger partial charge in [0, 0.05) is 13.2 Å². The molecule has 0 aliphatic carbocycles. The molecule has 2 atom stereocenters. The lowest BCUT2D eigenvalue weighted by molar-refractivity contribution is -0.221. The van der Waals surface area contributed by atoms with E-state index in [1.165, 1.54) is 0 Å². The minimum Gasteiger partial charge on any atom is -0.385 e. The molecular formula is C14H26O5. The highest BCUT2D eigenvalue weighted by Crippen LogP contribution is 2.18. The van der Waals surface area contributed by atoms with Crippen LogP contribution in [-0.4, -0.2) is 49.7 Å². The molecule has 1 N–H and O–H groups in total. The molecule has 0 bridgehead atoms. The van der Waals surface area contributed by atoms with E-state index in [1.807, 2.05) is 0 Å². The van der Waals surface area contributed by atoms with Crippen LogP contribution in [0.15, 0.2) is 0 Å².